The summed E-state index contributed by atoms with van der Waals surface area (Å²) in [7, 11) is 0. The van der Waals surface area contributed by atoms with Crippen molar-refractivity contribution in [3.8, 4) is 0 Å². The maximum Gasteiger partial charge on any atom is 0.0857 e. The van der Waals surface area contributed by atoms with Crippen LogP contribution in [0.2, 0.25) is 0 Å². The van der Waals surface area contributed by atoms with E-state index in [1.165, 1.54) is 20.7 Å². The molecule has 0 amide bonds. The van der Waals surface area contributed by atoms with E-state index in [0.29, 0.717) is 0 Å². The molecule has 0 saturated carbocycles. The van der Waals surface area contributed by atoms with Gasteiger partial charge in [0.15, 0.2) is 0 Å². The molecule has 0 fully saturated rings. The number of hydrogen-bond donors (Lipinski definition) is 1. The van der Waals surface area contributed by atoms with Gasteiger partial charge in [-0.05, 0) is 58.2 Å². The number of aromatic nitrogens is 2. The molecule has 0 radical (unpaired) electrons. The van der Waals surface area contributed by atoms with E-state index in [9.17, 15) is 0 Å². The highest BCUT2D eigenvalue weighted by Crippen LogP contribution is 2.30. The lowest BCUT2D eigenvalue weighted by atomic mass is 9.89. The Balaban J connectivity index is 2.19. The van der Waals surface area contributed by atoms with E-state index in [1.807, 2.05) is 0 Å². The zero-order chi connectivity index (χ0) is 14.0. The van der Waals surface area contributed by atoms with Crippen molar-refractivity contribution in [2.75, 3.05) is 0 Å². The first-order valence-electron chi connectivity index (χ1n) is 6.20. The molecule has 2 N–H and O–H groups in total. The molecule has 19 heavy (non-hydrogen) atoms. The lowest BCUT2D eigenvalue weighted by Crippen LogP contribution is -2.20. The third-order valence-electron chi connectivity index (χ3n) is 2.93. The molecule has 1 heterocycles. The highest BCUT2D eigenvalue weighted by Gasteiger charge is 2.25. The molecule has 0 saturated heterocycles. The van der Waals surface area contributed by atoms with Crippen molar-refractivity contribution in [2.45, 2.75) is 38.6 Å². The standard InChI is InChI=1S/C14H18IN3S/c1-14(2,3)13-12(19-18-17-13)11(16)8-9-4-6-10(15)7-5-9/h4-7,11H,8,16H2,1-3H3. The summed E-state index contributed by atoms with van der Waals surface area (Å²) < 4.78 is 5.32. The molecule has 0 bridgehead atoms. The summed E-state index contributed by atoms with van der Waals surface area (Å²) in [6, 6.07) is 8.45. The fourth-order valence-corrected chi connectivity index (χ4v) is 3.15. The minimum atomic E-state index is -0.0331. The highest BCUT2D eigenvalue weighted by atomic mass is 127. The lowest BCUT2D eigenvalue weighted by molar-refractivity contribution is 0.550. The maximum absolute atomic E-state index is 6.34. The van der Waals surface area contributed by atoms with Gasteiger partial charge in [0.2, 0.25) is 0 Å². The average Bonchev–Trinajstić information content (AvgIpc) is 2.81. The van der Waals surface area contributed by atoms with Crippen LogP contribution in [0.1, 0.15) is 42.9 Å². The highest BCUT2D eigenvalue weighted by molar-refractivity contribution is 14.1. The quantitative estimate of drug-likeness (QED) is 0.818. The third kappa shape index (κ3) is 3.73. The van der Waals surface area contributed by atoms with Gasteiger partial charge >= 0.3 is 0 Å². The molecular weight excluding hydrogens is 369 g/mol. The number of halogens is 1. The average molecular weight is 387 g/mol. The molecule has 0 aliphatic heterocycles. The number of nitrogens with zero attached hydrogens (tertiary/aromatic N) is 2. The van der Waals surface area contributed by atoms with Crippen LogP contribution in [0.25, 0.3) is 0 Å². The Bertz CT molecular complexity index is 543. The molecular formula is C14H18IN3S. The van der Waals surface area contributed by atoms with Crippen molar-refractivity contribution in [1.29, 1.82) is 0 Å². The van der Waals surface area contributed by atoms with Gasteiger partial charge in [-0.1, -0.05) is 37.4 Å². The number of benzene rings is 1. The van der Waals surface area contributed by atoms with Crippen LogP contribution < -0.4 is 5.73 Å². The summed E-state index contributed by atoms with van der Waals surface area (Å²) in [6.07, 6.45) is 0.823. The minimum absolute atomic E-state index is 0.00792. The van der Waals surface area contributed by atoms with Crippen LogP contribution in [0.15, 0.2) is 24.3 Å². The first kappa shape index (κ1) is 14.9. The van der Waals surface area contributed by atoms with Crippen LogP contribution >= 0.6 is 34.1 Å². The summed E-state index contributed by atoms with van der Waals surface area (Å²) in [5.41, 5.74) is 8.60. The lowest BCUT2D eigenvalue weighted by Gasteiger charge is -2.19. The molecule has 2 aromatic rings. The van der Waals surface area contributed by atoms with E-state index >= 15 is 0 Å². The Morgan fingerprint density at radius 1 is 1.26 bits per heavy atom. The Labute approximate surface area is 131 Å². The molecule has 102 valence electrons. The van der Waals surface area contributed by atoms with Gasteiger partial charge in [0.1, 0.15) is 0 Å². The van der Waals surface area contributed by atoms with Gasteiger partial charge in [0.25, 0.3) is 0 Å². The number of rotatable bonds is 3. The van der Waals surface area contributed by atoms with Crippen LogP contribution in [0.4, 0.5) is 0 Å². The Morgan fingerprint density at radius 2 is 1.89 bits per heavy atom. The second kappa shape index (κ2) is 5.85. The van der Waals surface area contributed by atoms with Crippen LogP contribution in [-0.2, 0) is 11.8 Å². The van der Waals surface area contributed by atoms with E-state index in [1.54, 1.807) is 0 Å². The van der Waals surface area contributed by atoms with Crippen molar-refractivity contribution in [1.82, 2.24) is 9.59 Å². The fourth-order valence-electron chi connectivity index (χ4n) is 1.93. The van der Waals surface area contributed by atoms with Crippen LogP contribution in [0.5, 0.6) is 0 Å². The molecule has 0 spiro atoms. The van der Waals surface area contributed by atoms with E-state index in [-0.39, 0.29) is 11.5 Å². The summed E-state index contributed by atoms with van der Waals surface area (Å²) in [5.74, 6) is 0. The Kier molecular flexibility index (Phi) is 4.58. The van der Waals surface area contributed by atoms with Crippen molar-refractivity contribution in [2.24, 2.45) is 5.73 Å². The second-order valence-electron chi connectivity index (χ2n) is 5.67. The first-order valence-corrected chi connectivity index (χ1v) is 8.06. The normalized spacial score (nSPS) is 13.5. The summed E-state index contributed by atoms with van der Waals surface area (Å²) in [5, 5.41) is 4.25. The molecule has 0 aliphatic rings. The van der Waals surface area contributed by atoms with Crippen molar-refractivity contribution < 1.29 is 0 Å². The second-order valence-corrected chi connectivity index (χ2v) is 7.70. The molecule has 1 aromatic heterocycles. The van der Waals surface area contributed by atoms with Gasteiger partial charge in [0.05, 0.1) is 10.6 Å². The zero-order valence-corrected chi connectivity index (χ0v) is 14.3. The predicted molar refractivity (Wildman–Crippen MR) is 88.4 cm³/mol. The Morgan fingerprint density at radius 3 is 2.47 bits per heavy atom. The van der Waals surface area contributed by atoms with Crippen LogP contribution in [0, 0.1) is 3.57 Å². The van der Waals surface area contributed by atoms with Crippen LogP contribution in [-0.4, -0.2) is 9.59 Å². The van der Waals surface area contributed by atoms with Gasteiger partial charge in [-0.25, -0.2) is 0 Å². The topological polar surface area (TPSA) is 51.8 Å². The van der Waals surface area contributed by atoms with E-state index in [2.05, 4.69) is 77.2 Å². The molecule has 2 rings (SSSR count). The molecule has 1 atom stereocenters. The van der Waals surface area contributed by atoms with E-state index in [4.69, 9.17) is 5.73 Å². The zero-order valence-electron chi connectivity index (χ0n) is 11.4. The molecule has 1 unspecified atom stereocenters. The van der Waals surface area contributed by atoms with Gasteiger partial charge < -0.3 is 5.73 Å². The maximum atomic E-state index is 6.34. The smallest absolute Gasteiger partial charge is 0.0857 e. The minimum Gasteiger partial charge on any atom is -0.323 e. The van der Waals surface area contributed by atoms with Crippen LogP contribution in [0.3, 0.4) is 0 Å². The third-order valence-corrected chi connectivity index (χ3v) is 4.50. The van der Waals surface area contributed by atoms with Gasteiger partial charge in [-0.2, -0.15) is 0 Å². The van der Waals surface area contributed by atoms with Gasteiger partial charge in [-0.15, -0.1) is 5.10 Å². The predicted octanol–water partition coefficient (Wildman–Crippen LogP) is 3.68. The van der Waals surface area contributed by atoms with Crippen molar-refractivity contribution in [3.05, 3.63) is 44.0 Å². The van der Waals surface area contributed by atoms with E-state index in [0.717, 1.165) is 17.0 Å². The Hall–Kier alpha value is -0.530. The summed E-state index contributed by atoms with van der Waals surface area (Å²) >= 11 is 3.73. The first-order chi connectivity index (χ1) is 8.88. The molecule has 5 heteroatoms. The SMILES string of the molecule is CC(C)(C)c1nnsc1C(N)Cc1ccc(I)cc1. The van der Waals surface area contributed by atoms with Crippen molar-refractivity contribution >= 4 is 34.1 Å². The summed E-state index contributed by atoms with van der Waals surface area (Å²) in [4.78, 5) is 1.10. The number of hydrogen-bond acceptors (Lipinski definition) is 4. The monoisotopic (exact) mass is 387 g/mol. The van der Waals surface area contributed by atoms with Gasteiger partial charge in [0, 0.05) is 15.0 Å². The number of nitrogens with two attached hydrogens (primary N) is 1. The van der Waals surface area contributed by atoms with Gasteiger partial charge in [-0.3, -0.25) is 0 Å². The van der Waals surface area contributed by atoms with Crippen molar-refractivity contribution in [3.63, 3.8) is 0 Å². The molecule has 3 nitrogen and oxygen atoms in total. The fraction of sp³-hybridized carbons (Fsp3) is 0.429. The summed E-state index contributed by atoms with van der Waals surface area (Å²) in [6.45, 7) is 6.43. The molecule has 0 aliphatic carbocycles. The van der Waals surface area contributed by atoms with E-state index < -0.39 is 0 Å². The molecule has 1 aromatic carbocycles. The largest absolute Gasteiger partial charge is 0.323 e.